The van der Waals surface area contributed by atoms with Crippen molar-refractivity contribution in [2.24, 2.45) is 5.92 Å². The van der Waals surface area contributed by atoms with Crippen LogP contribution in [0.2, 0.25) is 0 Å². The molecule has 8 heteroatoms. The van der Waals surface area contributed by atoms with E-state index in [0.717, 1.165) is 12.0 Å². The van der Waals surface area contributed by atoms with E-state index >= 15 is 0 Å². The van der Waals surface area contributed by atoms with Gasteiger partial charge in [0, 0.05) is 18.4 Å². The Bertz CT molecular complexity index is 516. The zero-order valence-electron chi connectivity index (χ0n) is 15.1. The Morgan fingerprint density at radius 2 is 2.48 bits per heavy atom. The number of esters is 1. The minimum atomic E-state index is -1.11. The molecule has 0 aromatic carbocycles. The van der Waals surface area contributed by atoms with Crippen LogP contribution in [0, 0.1) is 5.92 Å². The van der Waals surface area contributed by atoms with E-state index < -0.39 is 13.8 Å². The molecule has 1 aliphatic carbocycles. The van der Waals surface area contributed by atoms with Gasteiger partial charge in [-0.3, -0.25) is 0 Å². The standard InChI is InChI=1S/C15H23BO5P2/c1-2-9(17)3-4-10(18)5-6-11-12-7-15(19)20-13(12)8-14(11)21-23(16)22/h5-7,9-11,13-14,17-18H,2-4,8,22H2,1H3/b6-5+/t9?,10?,11?,13-,14+,23?/m0/s1/i17T,18T. The normalized spacial score (nSPS) is 32.0. The van der Waals surface area contributed by atoms with Crippen LogP contribution in [0.3, 0.4) is 0 Å². The Morgan fingerprint density at radius 1 is 1.65 bits per heavy atom. The first kappa shape index (κ1) is 16.2. The van der Waals surface area contributed by atoms with Crippen LogP contribution < -0.4 is 0 Å². The molecule has 126 valence electrons. The van der Waals surface area contributed by atoms with Gasteiger partial charge in [0.2, 0.25) is 2.86 Å². The van der Waals surface area contributed by atoms with Crippen molar-refractivity contribution < 1.29 is 24.3 Å². The molecule has 2 radical (unpaired) electrons. The van der Waals surface area contributed by atoms with Crippen molar-refractivity contribution in [1.82, 2.24) is 0 Å². The minimum Gasteiger partial charge on any atom is -0.455 e. The van der Waals surface area contributed by atoms with Gasteiger partial charge in [0.15, 0.2) is 7.57 Å². The lowest BCUT2D eigenvalue weighted by atomic mass is 9.98. The highest BCUT2D eigenvalue weighted by Gasteiger charge is 2.44. The maximum Gasteiger partial charge on any atom is 0.331 e. The Morgan fingerprint density at radius 3 is 3.13 bits per heavy atom. The second-order valence-electron chi connectivity index (χ2n) is 5.87. The molecule has 7 atom stereocenters. The van der Waals surface area contributed by atoms with E-state index in [2.05, 4.69) is 14.0 Å². The third-order valence-corrected chi connectivity index (χ3v) is 5.04. The molecule has 0 saturated heterocycles. The fourth-order valence-corrected chi connectivity index (χ4v) is 3.93. The predicted molar refractivity (Wildman–Crippen MR) is 94.0 cm³/mol. The smallest absolute Gasteiger partial charge is 0.331 e. The van der Waals surface area contributed by atoms with Gasteiger partial charge in [0.25, 0.3) is 0 Å². The average Bonchev–Trinajstić information content (AvgIpc) is 3.06. The van der Waals surface area contributed by atoms with Crippen molar-refractivity contribution in [3.63, 3.8) is 0 Å². The Balaban J connectivity index is 2.03. The van der Waals surface area contributed by atoms with Gasteiger partial charge >= 0.3 is 5.97 Å². The summed E-state index contributed by atoms with van der Waals surface area (Å²) >= 11 is 0. The van der Waals surface area contributed by atoms with Crippen molar-refractivity contribution in [1.29, 1.82) is 2.86 Å². The van der Waals surface area contributed by atoms with Crippen molar-refractivity contribution in [3.05, 3.63) is 23.8 Å². The van der Waals surface area contributed by atoms with E-state index in [0.29, 0.717) is 19.3 Å². The molecule has 1 aliphatic heterocycles. The Labute approximate surface area is 144 Å². The number of carbonyl (C=O) groups is 1. The summed E-state index contributed by atoms with van der Waals surface area (Å²) < 4.78 is 25.3. The number of hydrogen-bond acceptors (Lipinski definition) is 5. The van der Waals surface area contributed by atoms with E-state index in [9.17, 15) is 4.79 Å². The van der Waals surface area contributed by atoms with Gasteiger partial charge in [0.1, 0.15) is 6.10 Å². The average molecular weight is 360 g/mol. The lowest BCUT2D eigenvalue weighted by molar-refractivity contribution is -0.138. The van der Waals surface area contributed by atoms with Gasteiger partial charge in [0.05, 0.1) is 18.3 Å². The quantitative estimate of drug-likeness (QED) is 0.270. The van der Waals surface area contributed by atoms with Crippen LogP contribution in [0.4, 0.5) is 0 Å². The summed E-state index contributed by atoms with van der Waals surface area (Å²) in [6.07, 6.45) is 6.73. The number of carbonyl (C=O) groups excluding carboxylic acids is 1. The summed E-state index contributed by atoms with van der Waals surface area (Å²) in [6, 6.07) is 0. The first-order valence-corrected chi connectivity index (χ1v) is 10.7. The van der Waals surface area contributed by atoms with Crippen molar-refractivity contribution in [3.8, 4) is 0 Å². The van der Waals surface area contributed by atoms with Crippen molar-refractivity contribution in [2.75, 3.05) is 0 Å². The molecule has 1 heterocycles. The number of ether oxygens (including phenoxy) is 1. The van der Waals surface area contributed by atoms with Crippen molar-refractivity contribution >= 4 is 30.2 Å². The molecule has 2 aliphatic rings. The maximum absolute atomic E-state index is 11.5. The van der Waals surface area contributed by atoms with Gasteiger partial charge in [-0.25, -0.2) is 4.79 Å². The summed E-state index contributed by atoms with van der Waals surface area (Å²) in [4.78, 5) is 11.5. The van der Waals surface area contributed by atoms with Crippen LogP contribution in [0.25, 0.3) is 0 Å². The molecule has 5 unspecified atom stereocenters. The molecule has 0 amide bonds. The zero-order valence-corrected chi connectivity index (χ0v) is 15.1. The first-order valence-electron chi connectivity index (χ1n) is 8.60. The summed E-state index contributed by atoms with van der Waals surface area (Å²) in [5.41, 5.74) is 0.887. The molecule has 0 bridgehead atoms. The fourth-order valence-electron chi connectivity index (χ4n) is 2.93. The highest BCUT2D eigenvalue weighted by molar-refractivity contribution is 8.23. The van der Waals surface area contributed by atoms with Gasteiger partial charge < -0.3 is 19.5 Å². The van der Waals surface area contributed by atoms with E-state index in [4.69, 9.17) is 24.8 Å². The van der Waals surface area contributed by atoms with Crippen LogP contribution in [0.1, 0.15) is 32.6 Å². The number of rotatable bonds is 10. The zero-order chi connectivity index (χ0) is 18.4. The van der Waals surface area contributed by atoms with E-state index in [-0.39, 0.29) is 30.2 Å². The van der Waals surface area contributed by atoms with Gasteiger partial charge in [-0.2, -0.15) is 0 Å². The van der Waals surface area contributed by atoms with E-state index in [1.54, 1.807) is 6.08 Å². The lowest BCUT2D eigenvalue weighted by Gasteiger charge is -2.20. The number of aliphatic hydroxyl groups excluding tert-OH is 2. The molecule has 1 saturated carbocycles. The lowest BCUT2D eigenvalue weighted by Crippen LogP contribution is -2.17. The third kappa shape index (κ3) is 5.37. The topological polar surface area (TPSA) is 76.0 Å². The molecule has 2 N–H and O–H groups in total. The molecule has 1 fully saturated rings. The van der Waals surface area contributed by atoms with E-state index in [1.807, 2.05) is 13.0 Å². The van der Waals surface area contributed by atoms with Crippen LogP contribution in [-0.4, -0.2) is 51.0 Å². The summed E-state index contributed by atoms with van der Waals surface area (Å²) in [6.45, 7) is 1.95. The number of fused-ring (bicyclic) bond motifs is 1. The summed E-state index contributed by atoms with van der Waals surface area (Å²) in [5, 5.41) is 9.38. The molecule has 5 nitrogen and oxygen atoms in total. The molecular weight excluding hydrogens is 333 g/mol. The van der Waals surface area contributed by atoms with Crippen LogP contribution in [-0.2, 0) is 14.1 Å². The first-order chi connectivity index (χ1) is 12.0. The second-order valence-corrected chi connectivity index (χ2v) is 8.32. The molecule has 2 rings (SSSR count). The number of hydrogen-bond donors (Lipinski definition) is 2. The molecule has 0 spiro atoms. The predicted octanol–water partition coefficient (Wildman–Crippen LogP) is 1.98. The highest BCUT2D eigenvalue weighted by Crippen LogP contribution is 2.49. The van der Waals surface area contributed by atoms with Gasteiger partial charge in [-0.1, -0.05) is 28.0 Å². The molecule has 0 aromatic heterocycles. The summed E-state index contributed by atoms with van der Waals surface area (Å²) in [7, 11) is 7.12. The Kier molecular flexibility index (Phi) is 6.17. The Hall–Kier alpha value is -0.245. The van der Waals surface area contributed by atoms with Crippen LogP contribution in [0.15, 0.2) is 23.8 Å². The van der Waals surface area contributed by atoms with E-state index in [1.165, 1.54) is 6.08 Å². The number of aliphatic hydroxyl groups is 2. The molecule has 0 aromatic rings. The molecule has 23 heavy (non-hydrogen) atoms. The molecular formula is C15H23BO5P2. The maximum atomic E-state index is 11.5. The van der Waals surface area contributed by atoms with Crippen molar-refractivity contribution in [2.45, 2.75) is 57.0 Å². The second kappa shape index (κ2) is 8.73. The minimum absolute atomic E-state index is 0.127. The SMILES string of the molecule is [3H]OC(/C=C/C1C2=CC(=O)O[C@H]2C[C@H]1OP([B])P)CCC(CC)O[3H]. The summed E-state index contributed by atoms with van der Waals surface area (Å²) in [5.74, 6) is -0.456. The monoisotopic (exact) mass is 360 g/mol. The van der Waals surface area contributed by atoms with Gasteiger partial charge in [-0.05, 0) is 32.6 Å². The third-order valence-electron chi connectivity index (χ3n) is 4.17. The van der Waals surface area contributed by atoms with Crippen LogP contribution >= 0.6 is 16.6 Å². The largest absolute Gasteiger partial charge is 0.455 e. The fraction of sp³-hybridized carbons (Fsp3) is 0.667. The van der Waals surface area contributed by atoms with Crippen LogP contribution in [0.5, 0.6) is 0 Å². The van der Waals surface area contributed by atoms with Gasteiger partial charge in [-0.15, -0.1) is 0 Å². The highest BCUT2D eigenvalue weighted by atomic mass is 32.0.